The molecule has 2 heteroatoms. The molecule has 1 saturated heterocycles. The van der Waals surface area contributed by atoms with E-state index in [0.717, 1.165) is 26.1 Å². The van der Waals surface area contributed by atoms with Gasteiger partial charge in [0.2, 0.25) is 0 Å². The first-order valence-corrected chi connectivity index (χ1v) is 3.93. The fourth-order valence-electron chi connectivity index (χ4n) is 0.951. The van der Waals surface area contributed by atoms with E-state index in [1.54, 1.807) is 0 Å². The summed E-state index contributed by atoms with van der Waals surface area (Å²) in [6, 6.07) is 0. The molecule has 0 unspecified atom stereocenters. The summed E-state index contributed by atoms with van der Waals surface area (Å²) in [5.74, 6) is 1.37. The van der Waals surface area contributed by atoms with Crippen LogP contribution in [0.1, 0.15) is 26.7 Å². The van der Waals surface area contributed by atoms with E-state index < -0.39 is 0 Å². The van der Waals surface area contributed by atoms with Gasteiger partial charge < -0.3 is 9.47 Å². The molecule has 0 N–H and O–H groups in total. The molecule has 1 radical (unpaired) electrons. The minimum absolute atomic E-state index is 0.0512. The Bertz CT molecular complexity index is 73.3. The van der Waals surface area contributed by atoms with Gasteiger partial charge in [-0.25, -0.2) is 0 Å². The topological polar surface area (TPSA) is 18.5 Å². The lowest BCUT2D eigenvalue weighted by Crippen LogP contribution is -2.29. The SMILES string of the molecule is CC[C]1COC(CC)OC1. The molecule has 1 heterocycles. The van der Waals surface area contributed by atoms with Crippen molar-refractivity contribution in [1.29, 1.82) is 0 Å². The van der Waals surface area contributed by atoms with E-state index in [-0.39, 0.29) is 6.29 Å². The molecule has 1 fully saturated rings. The summed E-state index contributed by atoms with van der Waals surface area (Å²) < 4.78 is 10.7. The van der Waals surface area contributed by atoms with Gasteiger partial charge in [-0.05, 0) is 12.8 Å². The van der Waals surface area contributed by atoms with Crippen LogP contribution in [-0.4, -0.2) is 19.5 Å². The highest BCUT2D eigenvalue weighted by molar-refractivity contribution is 4.90. The molecule has 0 bridgehead atoms. The van der Waals surface area contributed by atoms with Crippen LogP contribution in [0.5, 0.6) is 0 Å². The lowest BCUT2D eigenvalue weighted by molar-refractivity contribution is -0.169. The summed E-state index contributed by atoms with van der Waals surface area (Å²) >= 11 is 0. The number of hydrogen-bond donors (Lipinski definition) is 0. The van der Waals surface area contributed by atoms with E-state index in [1.807, 2.05) is 0 Å². The summed E-state index contributed by atoms with van der Waals surface area (Å²) in [6.45, 7) is 5.81. The highest BCUT2D eigenvalue weighted by Gasteiger charge is 2.19. The third-order valence-corrected chi connectivity index (χ3v) is 1.78. The molecule has 1 aliphatic heterocycles. The van der Waals surface area contributed by atoms with E-state index in [2.05, 4.69) is 13.8 Å². The van der Waals surface area contributed by atoms with Gasteiger partial charge in [-0.1, -0.05) is 13.8 Å². The van der Waals surface area contributed by atoms with Gasteiger partial charge in [0, 0.05) is 5.92 Å². The summed E-state index contributed by atoms with van der Waals surface area (Å²) in [4.78, 5) is 0. The van der Waals surface area contributed by atoms with Gasteiger partial charge in [0.15, 0.2) is 6.29 Å². The Labute approximate surface area is 62.5 Å². The molecular formula is C8H15O2. The third-order valence-electron chi connectivity index (χ3n) is 1.78. The first-order chi connectivity index (χ1) is 4.86. The second-order valence-electron chi connectivity index (χ2n) is 2.56. The minimum atomic E-state index is 0.0512. The summed E-state index contributed by atoms with van der Waals surface area (Å²) in [6.07, 6.45) is 2.09. The molecule has 0 aromatic carbocycles. The van der Waals surface area contributed by atoms with Crippen molar-refractivity contribution in [3.8, 4) is 0 Å². The predicted molar refractivity (Wildman–Crippen MR) is 39.5 cm³/mol. The molecule has 1 aliphatic rings. The second-order valence-corrected chi connectivity index (χ2v) is 2.56. The Balaban J connectivity index is 2.17. The second kappa shape index (κ2) is 3.94. The molecule has 0 saturated carbocycles. The van der Waals surface area contributed by atoms with Crippen molar-refractivity contribution in [3.63, 3.8) is 0 Å². The van der Waals surface area contributed by atoms with Gasteiger partial charge in [-0.15, -0.1) is 0 Å². The average Bonchev–Trinajstić information content (AvgIpc) is 2.05. The van der Waals surface area contributed by atoms with Crippen LogP contribution in [0.4, 0.5) is 0 Å². The van der Waals surface area contributed by atoms with Gasteiger partial charge >= 0.3 is 0 Å². The van der Waals surface area contributed by atoms with Gasteiger partial charge in [0.05, 0.1) is 13.2 Å². The zero-order valence-corrected chi connectivity index (χ0v) is 6.72. The van der Waals surface area contributed by atoms with Crippen LogP contribution in [0, 0.1) is 5.92 Å². The zero-order valence-electron chi connectivity index (χ0n) is 6.72. The maximum Gasteiger partial charge on any atom is 0.157 e. The number of hydrogen-bond acceptors (Lipinski definition) is 2. The van der Waals surface area contributed by atoms with E-state index in [9.17, 15) is 0 Å². The third kappa shape index (κ3) is 1.96. The van der Waals surface area contributed by atoms with E-state index >= 15 is 0 Å². The predicted octanol–water partition coefficient (Wildman–Crippen LogP) is 1.75. The van der Waals surface area contributed by atoms with Gasteiger partial charge in [0.25, 0.3) is 0 Å². The number of rotatable bonds is 2. The first-order valence-electron chi connectivity index (χ1n) is 3.93. The van der Waals surface area contributed by atoms with E-state index in [4.69, 9.17) is 9.47 Å². The first kappa shape index (κ1) is 8.02. The van der Waals surface area contributed by atoms with Crippen LogP contribution in [0.15, 0.2) is 0 Å². The van der Waals surface area contributed by atoms with Crippen molar-refractivity contribution in [2.24, 2.45) is 0 Å². The number of ether oxygens (including phenoxy) is 2. The van der Waals surface area contributed by atoms with E-state index in [1.165, 1.54) is 5.92 Å². The Morgan fingerprint density at radius 3 is 2.30 bits per heavy atom. The fourth-order valence-corrected chi connectivity index (χ4v) is 0.951. The molecule has 0 aromatic rings. The van der Waals surface area contributed by atoms with Crippen LogP contribution in [-0.2, 0) is 9.47 Å². The maximum atomic E-state index is 5.37. The van der Waals surface area contributed by atoms with Gasteiger partial charge in [0.1, 0.15) is 0 Å². The molecule has 1 rings (SSSR count). The Kier molecular flexibility index (Phi) is 3.16. The quantitative estimate of drug-likeness (QED) is 0.586. The van der Waals surface area contributed by atoms with Crippen LogP contribution in [0.25, 0.3) is 0 Å². The molecule has 59 valence electrons. The highest BCUT2D eigenvalue weighted by Crippen LogP contribution is 2.16. The Hall–Kier alpha value is -0.0800. The largest absolute Gasteiger partial charge is 0.352 e. The van der Waals surface area contributed by atoms with E-state index in [0.29, 0.717) is 0 Å². The molecular weight excluding hydrogens is 128 g/mol. The van der Waals surface area contributed by atoms with Crippen molar-refractivity contribution in [2.45, 2.75) is 33.0 Å². The molecule has 0 spiro atoms. The van der Waals surface area contributed by atoms with Crippen molar-refractivity contribution >= 4 is 0 Å². The van der Waals surface area contributed by atoms with Crippen molar-refractivity contribution in [2.75, 3.05) is 13.2 Å². The van der Waals surface area contributed by atoms with Crippen LogP contribution >= 0.6 is 0 Å². The highest BCUT2D eigenvalue weighted by atomic mass is 16.7. The standard InChI is InChI=1S/C8H15O2/c1-3-7-5-9-8(4-2)10-6-7/h8H,3-6H2,1-2H3. The zero-order chi connectivity index (χ0) is 7.40. The minimum Gasteiger partial charge on any atom is -0.352 e. The molecule has 10 heavy (non-hydrogen) atoms. The summed E-state index contributed by atoms with van der Waals surface area (Å²) in [7, 11) is 0. The molecule has 0 atom stereocenters. The monoisotopic (exact) mass is 143 g/mol. The normalized spacial score (nSPS) is 23.4. The molecule has 0 aliphatic carbocycles. The Morgan fingerprint density at radius 2 is 1.90 bits per heavy atom. The van der Waals surface area contributed by atoms with Gasteiger partial charge in [-0.3, -0.25) is 0 Å². The fraction of sp³-hybridized carbons (Fsp3) is 0.875. The van der Waals surface area contributed by atoms with Crippen LogP contribution in [0.3, 0.4) is 0 Å². The van der Waals surface area contributed by atoms with Gasteiger partial charge in [-0.2, -0.15) is 0 Å². The van der Waals surface area contributed by atoms with Crippen molar-refractivity contribution in [1.82, 2.24) is 0 Å². The Morgan fingerprint density at radius 1 is 1.30 bits per heavy atom. The average molecular weight is 143 g/mol. The van der Waals surface area contributed by atoms with Crippen LogP contribution < -0.4 is 0 Å². The molecule has 2 nitrogen and oxygen atoms in total. The smallest absolute Gasteiger partial charge is 0.157 e. The summed E-state index contributed by atoms with van der Waals surface area (Å²) in [5, 5.41) is 0. The van der Waals surface area contributed by atoms with Crippen molar-refractivity contribution < 1.29 is 9.47 Å². The lowest BCUT2D eigenvalue weighted by atomic mass is 10.1. The van der Waals surface area contributed by atoms with Crippen molar-refractivity contribution in [3.05, 3.63) is 5.92 Å². The molecule has 0 amide bonds. The summed E-state index contributed by atoms with van der Waals surface area (Å²) in [5.41, 5.74) is 0. The lowest BCUT2D eigenvalue weighted by Gasteiger charge is -2.27. The maximum absolute atomic E-state index is 5.37. The van der Waals surface area contributed by atoms with Crippen LogP contribution in [0.2, 0.25) is 0 Å². The molecule has 0 aromatic heterocycles.